The highest BCUT2D eigenvalue weighted by Gasteiger charge is 2.04. The number of imidazole rings is 1. The topological polar surface area (TPSA) is 38.6 Å². The summed E-state index contributed by atoms with van der Waals surface area (Å²) in [4.78, 5) is 5.53. The Morgan fingerprint density at radius 1 is 1.67 bits per heavy atom. The van der Waals surface area contributed by atoms with Crippen LogP contribution in [0.25, 0.3) is 4.96 Å². The van der Waals surface area contributed by atoms with Gasteiger partial charge in [0, 0.05) is 37.5 Å². The number of nitrogens with one attached hydrogen (secondary N) is 1. The highest BCUT2D eigenvalue weighted by atomic mass is 32.1. The maximum Gasteiger partial charge on any atom is 0.193 e. The number of thiazole rings is 1. The maximum absolute atomic E-state index is 5.05. The van der Waals surface area contributed by atoms with E-state index in [4.69, 9.17) is 4.74 Å². The summed E-state index contributed by atoms with van der Waals surface area (Å²) in [6.45, 7) is 3.61. The molecular formula is C10H15N3OS. The number of nitrogens with zero attached hydrogens (tertiary/aromatic N) is 2. The molecule has 1 unspecified atom stereocenters. The molecule has 2 rings (SSSR count). The number of rotatable bonds is 5. The second-order valence-electron chi connectivity index (χ2n) is 3.56. The van der Waals surface area contributed by atoms with Crippen molar-refractivity contribution in [2.45, 2.75) is 19.5 Å². The molecule has 0 aliphatic rings. The number of hydrogen-bond donors (Lipinski definition) is 1. The zero-order valence-corrected chi connectivity index (χ0v) is 9.75. The lowest BCUT2D eigenvalue weighted by Gasteiger charge is -2.10. The summed E-state index contributed by atoms with van der Waals surface area (Å²) in [6.07, 6.45) is 4.08. The quantitative estimate of drug-likeness (QED) is 0.838. The first-order chi connectivity index (χ1) is 7.29. The third kappa shape index (κ3) is 2.56. The fraction of sp³-hybridized carbons (Fsp3) is 0.500. The van der Waals surface area contributed by atoms with Crippen LogP contribution in [-0.2, 0) is 11.3 Å². The SMILES string of the molecule is COCC(C)NCc1cn2ccsc2n1. The Balaban J connectivity index is 1.92. The first-order valence-electron chi connectivity index (χ1n) is 4.93. The Labute approximate surface area is 92.9 Å². The molecule has 0 amide bonds. The van der Waals surface area contributed by atoms with E-state index in [9.17, 15) is 0 Å². The second kappa shape index (κ2) is 4.74. The highest BCUT2D eigenvalue weighted by molar-refractivity contribution is 7.15. The zero-order valence-electron chi connectivity index (χ0n) is 8.93. The van der Waals surface area contributed by atoms with Crippen LogP contribution in [0.5, 0.6) is 0 Å². The van der Waals surface area contributed by atoms with Crippen molar-refractivity contribution in [1.82, 2.24) is 14.7 Å². The Morgan fingerprint density at radius 3 is 3.27 bits per heavy atom. The van der Waals surface area contributed by atoms with Crippen molar-refractivity contribution in [2.24, 2.45) is 0 Å². The van der Waals surface area contributed by atoms with Crippen LogP contribution < -0.4 is 5.32 Å². The summed E-state index contributed by atoms with van der Waals surface area (Å²) < 4.78 is 7.09. The first-order valence-corrected chi connectivity index (χ1v) is 5.81. The van der Waals surface area contributed by atoms with Crippen molar-refractivity contribution < 1.29 is 4.74 Å². The summed E-state index contributed by atoms with van der Waals surface area (Å²) in [7, 11) is 1.71. The Hall–Kier alpha value is -0.910. The molecule has 15 heavy (non-hydrogen) atoms. The zero-order chi connectivity index (χ0) is 10.7. The largest absolute Gasteiger partial charge is 0.383 e. The molecule has 5 heteroatoms. The molecule has 82 valence electrons. The molecule has 0 bridgehead atoms. The standard InChI is InChI=1S/C10H15N3OS/c1-8(7-14-2)11-5-9-6-13-3-4-15-10(13)12-9/h3-4,6,8,11H,5,7H2,1-2H3. The second-order valence-corrected chi connectivity index (χ2v) is 4.44. The molecule has 0 aliphatic carbocycles. The van der Waals surface area contributed by atoms with Gasteiger partial charge in [-0.1, -0.05) is 0 Å². The van der Waals surface area contributed by atoms with Crippen molar-refractivity contribution >= 4 is 16.3 Å². The lowest BCUT2D eigenvalue weighted by Crippen LogP contribution is -2.29. The average molecular weight is 225 g/mol. The number of aromatic nitrogens is 2. The molecular weight excluding hydrogens is 210 g/mol. The van der Waals surface area contributed by atoms with Crippen molar-refractivity contribution in [1.29, 1.82) is 0 Å². The molecule has 1 N–H and O–H groups in total. The van der Waals surface area contributed by atoms with Gasteiger partial charge in [0.25, 0.3) is 0 Å². The van der Waals surface area contributed by atoms with Crippen molar-refractivity contribution in [3.05, 3.63) is 23.5 Å². The van der Waals surface area contributed by atoms with E-state index >= 15 is 0 Å². The van der Waals surface area contributed by atoms with E-state index in [1.807, 2.05) is 16.0 Å². The van der Waals surface area contributed by atoms with E-state index in [0.717, 1.165) is 23.8 Å². The van der Waals surface area contributed by atoms with E-state index in [1.165, 1.54) is 0 Å². The molecule has 0 saturated heterocycles. The van der Waals surface area contributed by atoms with Crippen LogP contribution in [0.1, 0.15) is 12.6 Å². The molecule has 2 aromatic rings. The average Bonchev–Trinajstić information content (AvgIpc) is 2.74. The van der Waals surface area contributed by atoms with Crippen LogP contribution >= 0.6 is 11.3 Å². The van der Waals surface area contributed by atoms with Gasteiger partial charge in [0.1, 0.15) is 0 Å². The fourth-order valence-corrected chi connectivity index (χ4v) is 2.17. The molecule has 1 atom stereocenters. The van der Waals surface area contributed by atoms with Gasteiger partial charge in [0.05, 0.1) is 12.3 Å². The van der Waals surface area contributed by atoms with Gasteiger partial charge in [-0.25, -0.2) is 4.98 Å². The molecule has 4 nitrogen and oxygen atoms in total. The number of ether oxygens (including phenoxy) is 1. The Morgan fingerprint density at radius 2 is 2.53 bits per heavy atom. The first kappa shape index (κ1) is 10.6. The molecule has 0 saturated carbocycles. The third-order valence-corrected chi connectivity index (χ3v) is 2.96. The third-order valence-electron chi connectivity index (χ3n) is 2.19. The van der Waals surface area contributed by atoms with Crippen LogP contribution in [0.4, 0.5) is 0 Å². The van der Waals surface area contributed by atoms with Gasteiger partial charge in [-0.05, 0) is 6.92 Å². The molecule has 0 aromatic carbocycles. The highest BCUT2D eigenvalue weighted by Crippen LogP contribution is 2.11. The Bertz CT molecular complexity index is 394. The lowest BCUT2D eigenvalue weighted by molar-refractivity contribution is 0.171. The molecule has 0 spiro atoms. The van der Waals surface area contributed by atoms with Crippen LogP contribution in [0.2, 0.25) is 0 Å². The monoisotopic (exact) mass is 225 g/mol. The smallest absolute Gasteiger partial charge is 0.193 e. The Kier molecular flexibility index (Phi) is 3.35. The van der Waals surface area contributed by atoms with Crippen molar-refractivity contribution in [2.75, 3.05) is 13.7 Å². The maximum atomic E-state index is 5.05. The van der Waals surface area contributed by atoms with Gasteiger partial charge in [0.2, 0.25) is 0 Å². The van der Waals surface area contributed by atoms with Crippen LogP contribution in [0.15, 0.2) is 17.8 Å². The van der Waals surface area contributed by atoms with Gasteiger partial charge < -0.3 is 10.1 Å². The summed E-state index contributed by atoms with van der Waals surface area (Å²) in [5.41, 5.74) is 1.07. The molecule has 0 radical (unpaired) electrons. The van der Waals surface area contributed by atoms with Gasteiger partial charge in [-0.2, -0.15) is 0 Å². The van der Waals surface area contributed by atoms with Gasteiger partial charge in [-0.3, -0.25) is 4.40 Å². The van der Waals surface area contributed by atoms with E-state index in [-0.39, 0.29) is 0 Å². The summed E-state index contributed by atoms with van der Waals surface area (Å²) in [5, 5.41) is 5.39. The van der Waals surface area contributed by atoms with E-state index < -0.39 is 0 Å². The van der Waals surface area contributed by atoms with E-state index in [1.54, 1.807) is 18.4 Å². The normalized spacial score (nSPS) is 13.5. The fourth-order valence-electron chi connectivity index (χ4n) is 1.45. The number of fused-ring (bicyclic) bond motifs is 1. The van der Waals surface area contributed by atoms with Gasteiger partial charge in [-0.15, -0.1) is 11.3 Å². The number of methoxy groups -OCH3 is 1. The molecule has 0 fully saturated rings. The summed E-state index contributed by atoms with van der Waals surface area (Å²) in [5.74, 6) is 0. The minimum atomic E-state index is 0.356. The minimum Gasteiger partial charge on any atom is -0.383 e. The minimum absolute atomic E-state index is 0.356. The predicted octanol–water partition coefficient (Wildman–Crippen LogP) is 1.52. The van der Waals surface area contributed by atoms with Crippen LogP contribution in [0.3, 0.4) is 0 Å². The van der Waals surface area contributed by atoms with Crippen LogP contribution in [-0.4, -0.2) is 29.1 Å². The van der Waals surface area contributed by atoms with Crippen molar-refractivity contribution in [3.63, 3.8) is 0 Å². The van der Waals surface area contributed by atoms with Gasteiger partial charge in [0.15, 0.2) is 4.96 Å². The summed E-state index contributed by atoms with van der Waals surface area (Å²) in [6, 6.07) is 0.356. The molecule has 0 aliphatic heterocycles. The van der Waals surface area contributed by atoms with E-state index in [0.29, 0.717) is 6.04 Å². The van der Waals surface area contributed by atoms with Crippen molar-refractivity contribution in [3.8, 4) is 0 Å². The molecule has 2 heterocycles. The van der Waals surface area contributed by atoms with E-state index in [2.05, 4.69) is 23.4 Å². The van der Waals surface area contributed by atoms with Crippen LogP contribution in [0, 0.1) is 0 Å². The molecule has 2 aromatic heterocycles. The number of hydrogen-bond acceptors (Lipinski definition) is 4. The summed E-state index contributed by atoms with van der Waals surface area (Å²) >= 11 is 1.65. The van der Waals surface area contributed by atoms with Gasteiger partial charge >= 0.3 is 0 Å². The predicted molar refractivity (Wildman–Crippen MR) is 61.2 cm³/mol. The lowest BCUT2D eigenvalue weighted by atomic mass is 10.3.